The Bertz CT molecular complexity index is 493. The molecule has 0 heterocycles. The minimum absolute atomic E-state index is 0.0326. The van der Waals surface area contributed by atoms with Crippen LogP contribution in [0.5, 0.6) is 11.5 Å². The predicted molar refractivity (Wildman–Crippen MR) is 64.0 cm³/mol. The molecule has 0 fully saturated rings. The monoisotopic (exact) mass is 313 g/mol. The van der Waals surface area contributed by atoms with Crippen molar-refractivity contribution in [1.82, 2.24) is 5.48 Å². The van der Waals surface area contributed by atoms with Crippen LogP contribution < -0.4 is 15.0 Å². The summed E-state index contributed by atoms with van der Waals surface area (Å²) >= 11 is 5.86. The van der Waals surface area contributed by atoms with Gasteiger partial charge < -0.3 is 9.47 Å². The van der Waals surface area contributed by atoms with E-state index in [2.05, 4.69) is 4.84 Å². The zero-order chi connectivity index (χ0) is 15.3. The van der Waals surface area contributed by atoms with Crippen molar-refractivity contribution in [3.8, 4) is 11.5 Å². The van der Waals surface area contributed by atoms with Gasteiger partial charge in [-0.05, 0) is 12.1 Å². The van der Waals surface area contributed by atoms with Crippen LogP contribution in [0.1, 0.15) is 10.4 Å². The van der Waals surface area contributed by atoms with Gasteiger partial charge in [0.15, 0.2) is 18.1 Å². The Morgan fingerprint density at radius 2 is 1.95 bits per heavy atom. The molecule has 0 bridgehead atoms. The van der Waals surface area contributed by atoms with Gasteiger partial charge in [0.25, 0.3) is 5.91 Å². The number of rotatable bonds is 5. The van der Waals surface area contributed by atoms with Crippen LogP contribution in [0.15, 0.2) is 12.1 Å². The minimum Gasteiger partial charge on any atom is -0.493 e. The van der Waals surface area contributed by atoms with Gasteiger partial charge in [-0.1, -0.05) is 11.6 Å². The summed E-state index contributed by atoms with van der Waals surface area (Å²) in [6, 6.07) is 2.48. The first-order chi connectivity index (χ1) is 9.28. The standard InChI is InChI=1S/C11H11ClF3NO4/c1-18-8-4-6(3-7(12)9(8)19-2)10(17)16-20-5-11(13,14)15/h3-4H,5H2,1-2H3,(H,16,17). The summed E-state index contributed by atoms with van der Waals surface area (Å²) in [4.78, 5) is 15.6. The van der Waals surface area contributed by atoms with Crippen molar-refractivity contribution < 1.29 is 32.3 Å². The molecule has 5 nitrogen and oxygen atoms in total. The zero-order valence-electron chi connectivity index (χ0n) is 10.5. The third kappa shape index (κ3) is 4.46. The predicted octanol–water partition coefficient (Wildman–Crippen LogP) is 2.58. The first-order valence-corrected chi connectivity index (χ1v) is 5.56. The number of hydrogen-bond acceptors (Lipinski definition) is 4. The second-order valence-corrected chi connectivity index (χ2v) is 3.94. The molecule has 112 valence electrons. The summed E-state index contributed by atoms with van der Waals surface area (Å²) in [5, 5.41) is 0.0767. The topological polar surface area (TPSA) is 56.8 Å². The summed E-state index contributed by atoms with van der Waals surface area (Å²) < 4.78 is 45.5. The summed E-state index contributed by atoms with van der Waals surface area (Å²) in [6.07, 6.45) is -4.54. The maximum Gasteiger partial charge on any atom is 0.414 e. The SMILES string of the molecule is COc1cc(C(=O)NOCC(F)(F)F)cc(Cl)c1OC. The average molecular weight is 314 g/mol. The molecule has 0 atom stereocenters. The van der Waals surface area contributed by atoms with Gasteiger partial charge in [0, 0.05) is 5.56 Å². The molecular weight excluding hydrogens is 303 g/mol. The molecule has 0 aliphatic heterocycles. The molecule has 1 aromatic rings. The highest BCUT2D eigenvalue weighted by atomic mass is 35.5. The molecule has 1 amide bonds. The molecule has 0 aliphatic carbocycles. The number of amides is 1. The lowest BCUT2D eigenvalue weighted by atomic mass is 10.2. The zero-order valence-corrected chi connectivity index (χ0v) is 11.3. The number of ether oxygens (including phenoxy) is 2. The fourth-order valence-corrected chi connectivity index (χ4v) is 1.58. The van der Waals surface area contributed by atoms with E-state index in [-0.39, 0.29) is 22.1 Å². The molecule has 0 aliphatic rings. The van der Waals surface area contributed by atoms with Crippen LogP contribution in [-0.4, -0.2) is 32.9 Å². The molecule has 0 spiro atoms. The lowest BCUT2D eigenvalue weighted by Gasteiger charge is -2.12. The molecule has 0 unspecified atom stereocenters. The van der Waals surface area contributed by atoms with Crippen LogP contribution in [0, 0.1) is 0 Å². The highest BCUT2D eigenvalue weighted by Crippen LogP contribution is 2.35. The van der Waals surface area contributed by atoms with Gasteiger partial charge in [-0.25, -0.2) is 5.48 Å². The van der Waals surface area contributed by atoms with Crippen molar-refractivity contribution >= 4 is 17.5 Å². The average Bonchev–Trinajstić information content (AvgIpc) is 2.35. The molecule has 1 aromatic carbocycles. The number of hydrogen-bond donors (Lipinski definition) is 1. The quantitative estimate of drug-likeness (QED) is 0.849. The fraction of sp³-hybridized carbons (Fsp3) is 0.364. The van der Waals surface area contributed by atoms with Gasteiger partial charge in [-0.3, -0.25) is 9.63 Å². The van der Waals surface area contributed by atoms with Crippen molar-refractivity contribution in [1.29, 1.82) is 0 Å². The second-order valence-electron chi connectivity index (χ2n) is 3.53. The highest BCUT2D eigenvalue weighted by molar-refractivity contribution is 6.32. The maximum absolute atomic E-state index is 11.9. The molecule has 0 saturated carbocycles. The first kappa shape index (κ1) is 16.4. The largest absolute Gasteiger partial charge is 0.493 e. The Labute approximate surface area is 117 Å². The third-order valence-corrected chi connectivity index (χ3v) is 2.38. The summed E-state index contributed by atoms with van der Waals surface area (Å²) in [7, 11) is 2.69. The van der Waals surface area contributed by atoms with Crippen molar-refractivity contribution in [2.75, 3.05) is 20.8 Å². The van der Waals surface area contributed by atoms with E-state index in [9.17, 15) is 18.0 Å². The van der Waals surface area contributed by atoms with Crippen LogP contribution in [0.4, 0.5) is 13.2 Å². The maximum atomic E-state index is 11.9. The van der Waals surface area contributed by atoms with Gasteiger partial charge in [-0.2, -0.15) is 13.2 Å². The Hall–Kier alpha value is -1.67. The van der Waals surface area contributed by atoms with E-state index in [1.54, 1.807) is 5.48 Å². The Kier molecular flexibility index (Phi) is 5.46. The normalized spacial score (nSPS) is 11.1. The van der Waals surface area contributed by atoms with Crippen LogP contribution in [0.3, 0.4) is 0 Å². The van der Waals surface area contributed by atoms with Crippen molar-refractivity contribution in [2.24, 2.45) is 0 Å². The van der Waals surface area contributed by atoms with Crippen LogP contribution in [0.25, 0.3) is 0 Å². The van der Waals surface area contributed by atoms with Gasteiger partial charge in [0.2, 0.25) is 0 Å². The molecular formula is C11H11ClF3NO4. The van der Waals surface area contributed by atoms with Crippen LogP contribution in [0.2, 0.25) is 5.02 Å². The fourth-order valence-electron chi connectivity index (χ4n) is 1.29. The van der Waals surface area contributed by atoms with Gasteiger partial charge in [0.1, 0.15) is 0 Å². The number of methoxy groups -OCH3 is 2. The van der Waals surface area contributed by atoms with E-state index in [0.717, 1.165) is 0 Å². The minimum atomic E-state index is -4.54. The summed E-state index contributed by atoms with van der Waals surface area (Å²) in [5.41, 5.74) is 1.62. The summed E-state index contributed by atoms with van der Waals surface area (Å²) in [5.74, 6) is -0.514. The van der Waals surface area contributed by atoms with Crippen molar-refractivity contribution in [3.63, 3.8) is 0 Å². The van der Waals surface area contributed by atoms with Gasteiger partial charge in [0.05, 0.1) is 19.2 Å². The molecule has 9 heteroatoms. The number of alkyl halides is 3. The number of nitrogens with one attached hydrogen (secondary N) is 1. The molecule has 0 aromatic heterocycles. The molecule has 1 N–H and O–H groups in total. The van der Waals surface area contributed by atoms with E-state index in [0.29, 0.717) is 0 Å². The van der Waals surface area contributed by atoms with E-state index in [1.807, 2.05) is 0 Å². The molecule has 1 rings (SSSR count). The number of carbonyl (C=O) groups excluding carboxylic acids is 1. The van der Waals surface area contributed by atoms with Gasteiger partial charge in [-0.15, -0.1) is 0 Å². The number of hydroxylamine groups is 1. The smallest absolute Gasteiger partial charge is 0.414 e. The van der Waals surface area contributed by atoms with Gasteiger partial charge >= 0.3 is 6.18 Å². The van der Waals surface area contributed by atoms with Crippen LogP contribution >= 0.6 is 11.6 Å². The van der Waals surface area contributed by atoms with E-state index < -0.39 is 18.7 Å². The lowest BCUT2D eigenvalue weighted by Crippen LogP contribution is -2.29. The Morgan fingerprint density at radius 1 is 1.30 bits per heavy atom. The second kappa shape index (κ2) is 6.67. The number of benzene rings is 1. The van der Waals surface area contributed by atoms with E-state index >= 15 is 0 Å². The van der Waals surface area contributed by atoms with Crippen molar-refractivity contribution in [3.05, 3.63) is 22.7 Å². The molecule has 20 heavy (non-hydrogen) atoms. The van der Waals surface area contributed by atoms with Crippen LogP contribution in [-0.2, 0) is 4.84 Å². The molecule has 0 saturated heterocycles. The summed E-state index contributed by atoms with van der Waals surface area (Å²) in [6.45, 7) is -1.60. The third-order valence-electron chi connectivity index (χ3n) is 2.10. The van der Waals surface area contributed by atoms with E-state index in [1.165, 1.54) is 26.4 Å². The number of carbonyl (C=O) groups is 1. The molecule has 0 radical (unpaired) electrons. The highest BCUT2D eigenvalue weighted by Gasteiger charge is 2.28. The Balaban J connectivity index is 2.81. The van der Waals surface area contributed by atoms with Crippen molar-refractivity contribution in [2.45, 2.75) is 6.18 Å². The lowest BCUT2D eigenvalue weighted by molar-refractivity contribution is -0.184. The first-order valence-electron chi connectivity index (χ1n) is 5.19. The number of halogens is 4. The Morgan fingerprint density at radius 3 is 2.45 bits per heavy atom. The van der Waals surface area contributed by atoms with E-state index in [4.69, 9.17) is 21.1 Å².